The standard InChI is InChI=1S/C14H24N2O4/c1-9(13(17)16-11-4-2-3-5-11)20-12-6-10(14(18)19)7-15-8-12/h9-12,15H,2-8H2,1H3,(H,16,17)(H,18,19). The minimum atomic E-state index is -0.811. The molecule has 0 aromatic rings. The Morgan fingerprint density at radius 2 is 2.00 bits per heavy atom. The first-order valence-corrected chi connectivity index (χ1v) is 7.45. The molecule has 0 bridgehead atoms. The summed E-state index contributed by atoms with van der Waals surface area (Å²) in [6.07, 6.45) is 4.16. The molecule has 3 unspecified atom stereocenters. The van der Waals surface area contributed by atoms with Gasteiger partial charge in [-0.15, -0.1) is 0 Å². The Balaban J connectivity index is 1.76. The van der Waals surface area contributed by atoms with Crippen molar-refractivity contribution in [3.8, 4) is 0 Å². The fraction of sp³-hybridized carbons (Fsp3) is 0.857. The van der Waals surface area contributed by atoms with Crippen LogP contribution in [-0.2, 0) is 14.3 Å². The summed E-state index contributed by atoms with van der Waals surface area (Å²) >= 11 is 0. The van der Waals surface area contributed by atoms with Crippen molar-refractivity contribution < 1.29 is 19.4 Å². The van der Waals surface area contributed by atoms with Crippen molar-refractivity contribution in [3.63, 3.8) is 0 Å². The van der Waals surface area contributed by atoms with Crippen LogP contribution < -0.4 is 10.6 Å². The van der Waals surface area contributed by atoms with Crippen molar-refractivity contribution in [2.24, 2.45) is 5.92 Å². The maximum Gasteiger partial charge on any atom is 0.307 e. The third-order valence-electron chi connectivity index (χ3n) is 4.13. The summed E-state index contributed by atoms with van der Waals surface area (Å²) in [5.41, 5.74) is 0. The molecule has 0 radical (unpaired) electrons. The number of carbonyl (C=O) groups is 2. The number of carboxylic acid groups (broad SMARTS) is 1. The summed E-state index contributed by atoms with van der Waals surface area (Å²) in [5, 5.41) is 15.1. The number of nitrogens with one attached hydrogen (secondary N) is 2. The van der Waals surface area contributed by atoms with Crippen LogP contribution in [0.3, 0.4) is 0 Å². The van der Waals surface area contributed by atoms with Crippen LogP contribution in [0.5, 0.6) is 0 Å². The number of piperidine rings is 1. The van der Waals surface area contributed by atoms with E-state index in [9.17, 15) is 9.59 Å². The van der Waals surface area contributed by atoms with Crippen LogP contribution in [-0.4, -0.2) is 48.3 Å². The molecule has 20 heavy (non-hydrogen) atoms. The Hall–Kier alpha value is -1.14. The SMILES string of the molecule is CC(OC1CNCC(C(=O)O)C1)C(=O)NC1CCCC1. The zero-order valence-corrected chi connectivity index (χ0v) is 11.9. The van der Waals surface area contributed by atoms with Crippen molar-refractivity contribution in [1.29, 1.82) is 0 Å². The molecule has 1 aliphatic carbocycles. The Kier molecular flexibility index (Phi) is 5.37. The molecule has 1 saturated heterocycles. The summed E-state index contributed by atoms with van der Waals surface area (Å²) in [4.78, 5) is 23.0. The molecule has 6 nitrogen and oxygen atoms in total. The molecule has 6 heteroatoms. The Morgan fingerprint density at radius 1 is 1.30 bits per heavy atom. The van der Waals surface area contributed by atoms with Gasteiger partial charge in [-0.2, -0.15) is 0 Å². The number of carboxylic acids is 1. The van der Waals surface area contributed by atoms with E-state index in [0.717, 1.165) is 12.8 Å². The monoisotopic (exact) mass is 284 g/mol. The van der Waals surface area contributed by atoms with Gasteiger partial charge >= 0.3 is 5.97 Å². The Labute approximate surface area is 119 Å². The van der Waals surface area contributed by atoms with Crippen molar-refractivity contribution in [1.82, 2.24) is 10.6 Å². The van der Waals surface area contributed by atoms with Gasteiger partial charge in [0.05, 0.1) is 12.0 Å². The Bertz CT molecular complexity index is 355. The van der Waals surface area contributed by atoms with Crippen LogP contribution in [0.4, 0.5) is 0 Å². The number of amides is 1. The summed E-state index contributed by atoms with van der Waals surface area (Å²) in [7, 11) is 0. The third kappa shape index (κ3) is 4.18. The molecule has 2 fully saturated rings. The molecule has 114 valence electrons. The van der Waals surface area contributed by atoms with Gasteiger partial charge in [-0.3, -0.25) is 9.59 Å². The molecule has 0 aromatic carbocycles. The van der Waals surface area contributed by atoms with Gasteiger partial charge in [0.15, 0.2) is 0 Å². The van der Waals surface area contributed by atoms with Crippen molar-refractivity contribution in [2.45, 2.75) is 57.3 Å². The fourth-order valence-electron chi connectivity index (χ4n) is 2.93. The van der Waals surface area contributed by atoms with Gasteiger partial charge in [0.2, 0.25) is 5.91 Å². The second kappa shape index (κ2) is 7.04. The van der Waals surface area contributed by atoms with E-state index in [1.54, 1.807) is 6.92 Å². The lowest BCUT2D eigenvalue weighted by Crippen LogP contribution is -2.47. The molecule has 0 aromatic heterocycles. The summed E-state index contributed by atoms with van der Waals surface area (Å²) in [6, 6.07) is 0.282. The van der Waals surface area contributed by atoms with E-state index in [0.29, 0.717) is 19.5 Å². The van der Waals surface area contributed by atoms with Gasteiger partial charge < -0.3 is 20.5 Å². The molecular formula is C14H24N2O4. The molecule has 2 rings (SSSR count). The number of aliphatic carboxylic acids is 1. The van der Waals surface area contributed by atoms with Gasteiger partial charge in [0.1, 0.15) is 6.10 Å². The topological polar surface area (TPSA) is 87.7 Å². The first-order valence-electron chi connectivity index (χ1n) is 7.45. The maximum atomic E-state index is 12.0. The molecular weight excluding hydrogens is 260 g/mol. The molecule has 0 spiro atoms. The van der Waals surface area contributed by atoms with E-state index in [1.165, 1.54) is 12.8 Å². The fourth-order valence-corrected chi connectivity index (χ4v) is 2.93. The van der Waals surface area contributed by atoms with E-state index >= 15 is 0 Å². The molecule has 1 saturated carbocycles. The minimum Gasteiger partial charge on any atom is -0.481 e. The quantitative estimate of drug-likeness (QED) is 0.685. The smallest absolute Gasteiger partial charge is 0.307 e. The molecule has 1 amide bonds. The number of hydrogen-bond donors (Lipinski definition) is 3. The lowest BCUT2D eigenvalue weighted by atomic mass is 9.97. The number of rotatable bonds is 5. The van der Waals surface area contributed by atoms with Crippen LogP contribution >= 0.6 is 0 Å². The summed E-state index contributed by atoms with van der Waals surface area (Å²) in [6.45, 7) is 2.80. The summed E-state index contributed by atoms with van der Waals surface area (Å²) < 4.78 is 5.71. The second-order valence-electron chi connectivity index (χ2n) is 5.82. The molecule has 1 heterocycles. The minimum absolute atomic E-state index is 0.0886. The van der Waals surface area contributed by atoms with Gasteiger partial charge in [0, 0.05) is 19.1 Å². The molecule has 1 aliphatic heterocycles. The van der Waals surface area contributed by atoms with E-state index < -0.39 is 18.0 Å². The average molecular weight is 284 g/mol. The van der Waals surface area contributed by atoms with E-state index in [1.807, 2.05) is 0 Å². The number of carbonyl (C=O) groups excluding carboxylic acids is 1. The van der Waals surface area contributed by atoms with Gasteiger partial charge in [-0.25, -0.2) is 0 Å². The highest BCUT2D eigenvalue weighted by Gasteiger charge is 2.30. The van der Waals surface area contributed by atoms with E-state index in [-0.39, 0.29) is 18.1 Å². The van der Waals surface area contributed by atoms with Crippen molar-refractivity contribution in [3.05, 3.63) is 0 Å². The zero-order valence-electron chi connectivity index (χ0n) is 11.9. The van der Waals surface area contributed by atoms with Crippen LogP contribution in [0.1, 0.15) is 39.0 Å². The number of ether oxygens (including phenoxy) is 1. The molecule has 2 aliphatic rings. The second-order valence-corrected chi connectivity index (χ2v) is 5.82. The first kappa shape index (κ1) is 15.3. The zero-order chi connectivity index (χ0) is 14.5. The van der Waals surface area contributed by atoms with Crippen LogP contribution in [0.2, 0.25) is 0 Å². The van der Waals surface area contributed by atoms with Crippen LogP contribution in [0.15, 0.2) is 0 Å². The normalized spacial score (nSPS) is 29.1. The first-order chi connectivity index (χ1) is 9.56. The lowest BCUT2D eigenvalue weighted by Gasteiger charge is -2.30. The maximum absolute atomic E-state index is 12.0. The highest BCUT2D eigenvalue weighted by atomic mass is 16.5. The lowest BCUT2D eigenvalue weighted by molar-refractivity contribution is -0.146. The van der Waals surface area contributed by atoms with Gasteiger partial charge in [-0.05, 0) is 26.2 Å². The highest BCUT2D eigenvalue weighted by molar-refractivity contribution is 5.80. The summed E-state index contributed by atoms with van der Waals surface area (Å²) in [5.74, 6) is -1.33. The predicted octanol–water partition coefficient (Wildman–Crippen LogP) is 0.513. The van der Waals surface area contributed by atoms with Crippen molar-refractivity contribution >= 4 is 11.9 Å². The van der Waals surface area contributed by atoms with Crippen molar-refractivity contribution in [2.75, 3.05) is 13.1 Å². The predicted molar refractivity (Wildman–Crippen MR) is 73.3 cm³/mol. The van der Waals surface area contributed by atoms with Gasteiger partial charge in [-0.1, -0.05) is 12.8 Å². The van der Waals surface area contributed by atoms with Gasteiger partial charge in [0.25, 0.3) is 0 Å². The largest absolute Gasteiger partial charge is 0.481 e. The van der Waals surface area contributed by atoms with E-state index in [4.69, 9.17) is 9.84 Å². The molecule has 3 N–H and O–H groups in total. The van der Waals surface area contributed by atoms with Crippen LogP contribution in [0, 0.1) is 5.92 Å². The van der Waals surface area contributed by atoms with Crippen LogP contribution in [0.25, 0.3) is 0 Å². The average Bonchev–Trinajstić information content (AvgIpc) is 2.91. The van der Waals surface area contributed by atoms with E-state index in [2.05, 4.69) is 10.6 Å². The molecule has 3 atom stereocenters. The number of hydrogen-bond acceptors (Lipinski definition) is 4. The highest BCUT2D eigenvalue weighted by Crippen LogP contribution is 2.19. The third-order valence-corrected chi connectivity index (χ3v) is 4.13. The Morgan fingerprint density at radius 3 is 2.65 bits per heavy atom.